The molecule has 0 saturated carbocycles. The lowest BCUT2D eigenvalue weighted by molar-refractivity contribution is -0.128. The van der Waals surface area contributed by atoms with Gasteiger partial charge in [-0.05, 0) is 37.8 Å². The van der Waals surface area contributed by atoms with Crippen LogP contribution in [0.3, 0.4) is 0 Å². The van der Waals surface area contributed by atoms with Crippen molar-refractivity contribution in [3.8, 4) is 0 Å². The normalized spacial score (nSPS) is 22.4. The number of carbonyl (C=O) groups is 2. The second-order valence-corrected chi connectivity index (χ2v) is 5.55. The summed E-state index contributed by atoms with van der Waals surface area (Å²) in [4.78, 5) is 32.0. The summed E-state index contributed by atoms with van der Waals surface area (Å²) in [6.45, 7) is 3.14. The molecule has 3 heterocycles. The van der Waals surface area contributed by atoms with E-state index in [9.17, 15) is 9.59 Å². The lowest BCUT2D eigenvalue weighted by Crippen LogP contribution is -2.39. The van der Waals surface area contributed by atoms with Gasteiger partial charge in [-0.3, -0.25) is 14.7 Å². The number of piperidine rings is 1. The van der Waals surface area contributed by atoms with E-state index in [-0.39, 0.29) is 18.0 Å². The van der Waals surface area contributed by atoms with Gasteiger partial charge >= 0.3 is 6.03 Å². The average Bonchev–Trinajstić information content (AvgIpc) is 2.71. The van der Waals surface area contributed by atoms with E-state index in [1.54, 1.807) is 4.90 Å². The Morgan fingerprint density at radius 2 is 2.15 bits per heavy atom. The van der Waals surface area contributed by atoms with E-state index in [2.05, 4.69) is 4.98 Å². The lowest BCUT2D eigenvalue weighted by atomic mass is 10.0. The summed E-state index contributed by atoms with van der Waals surface area (Å²) >= 11 is 0. The lowest BCUT2D eigenvalue weighted by Gasteiger charge is -2.26. The fourth-order valence-corrected chi connectivity index (χ4v) is 2.92. The van der Waals surface area contributed by atoms with Crippen molar-refractivity contribution in [1.82, 2.24) is 14.8 Å². The topological polar surface area (TPSA) is 53.5 Å². The third-order valence-corrected chi connectivity index (χ3v) is 4.09. The number of carbonyl (C=O) groups excluding carboxylic acids is 2. The summed E-state index contributed by atoms with van der Waals surface area (Å²) in [5.41, 5.74) is 2.03. The van der Waals surface area contributed by atoms with Crippen LogP contribution in [-0.2, 0) is 11.2 Å². The highest BCUT2D eigenvalue weighted by atomic mass is 16.2. The smallest absolute Gasteiger partial charge is 0.312 e. The molecule has 0 spiro atoms. The van der Waals surface area contributed by atoms with Crippen molar-refractivity contribution in [2.24, 2.45) is 0 Å². The summed E-state index contributed by atoms with van der Waals surface area (Å²) in [5, 5.41) is 0. The molecule has 1 atom stereocenters. The number of aromatic nitrogens is 1. The Morgan fingerprint density at radius 3 is 2.85 bits per heavy atom. The third-order valence-electron chi connectivity index (χ3n) is 4.09. The molecule has 1 aromatic rings. The molecule has 1 aromatic heterocycles. The van der Waals surface area contributed by atoms with Crippen LogP contribution in [0.2, 0.25) is 0 Å². The van der Waals surface area contributed by atoms with Crippen molar-refractivity contribution in [3.63, 3.8) is 0 Å². The van der Waals surface area contributed by atoms with E-state index in [0.717, 1.165) is 30.5 Å². The zero-order valence-electron chi connectivity index (χ0n) is 11.7. The Labute approximate surface area is 118 Å². The van der Waals surface area contributed by atoms with Crippen molar-refractivity contribution >= 4 is 11.9 Å². The van der Waals surface area contributed by atoms with E-state index in [0.29, 0.717) is 19.5 Å². The van der Waals surface area contributed by atoms with E-state index >= 15 is 0 Å². The SMILES string of the molecule is Cc1ccc(CCN2C(=O)[C@H]3CCCCN3C2=O)nc1. The van der Waals surface area contributed by atoms with Gasteiger partial charge < -0.3 is 4.90 Å². The second-order valence-electron chi connectivity index (χ2n) is 5.55. The van der Waals surface area contributed by atoms with E-state index in [1.807, 2.05) is 25.3 Å². The first kappa shape index (κ1) is 13.1. The predicted molar refractivity (Wildman–Crippen MR) is 74.1 cm³/mol. The minimum Gasteiger partial charge on any atom is -0.312 e. The Bertz CT molecular complexity index is 502. The van der Waals surface area contributed by atoms with Crippen LogP contribution in [0.4, 0.5) is 4.79 Å². The van der Waals surface area contributed by atoms with Gasteiger partial charge in [-0.15, -0.1) is 0 Å². The maximum absolute atomic E-state index is 12.3. The fourth-order valence-electron chi connectivity index (χ4n) is 2.92. The summed E-state index contributed by atoms with van der Waals surface area (Å²) < 4.78 is 0. The molecule has 2 aliphatic rings. The summed E-state index contributed by atoms with van der Waals surface area (Å²) in [6.07, 6.45) is 5.28. The minimum atomic E-state index is -0.206. The number of amides is 3. The molecule has 106 valence electrons. The highest BCUT2D eigenvalue weighted by Gasteiger charge is 2.45. The first-order valence-corrected chi connectivity index (χ1v) is 7.20. The molecule has 3 amide bonds. The van der Waals surface area contributed by atoms with Gasteiger partial charge in [-0.2, -0.15) is 0 Å². The van der Waals surface area contributed by atoms with Gasteiger partial charge in [0.05, 0.1) is 0 Å². The molecule has 5 heteroatoms. The molecule has 0 aromatic carbocycles. The van der Waals surface area contributed by atoms with Crippen molar-refractivity contribution < 1.29 is 9.59 Å². The number of urea groups is 1. The van der Waals surface area contributed by atoms with Gasteiger partial charge in [-0.25, -0.2) is 4.79 Å². The first-order chi connectivity index (χ1) is 9.66. The molecular weight excluding hydrogens is 254 g/mol. The van der Waals surface area contributed by atoms with Crippen LogP contribution >= 0.6 is 0 Å². The number of imide groups is 1. The van der Waals surface area contributed by atoms with Crippen LogP contribution in [0.25, 0.3) is 0 Å². The Morgan fingerprint density at radius 1 is 1.30 bits per heavy atom. The van der Waals surface area contributed by atoms with Gasteiger partial charge in [0.25, 0.3) is 5.91 Å². The van der Waals surface area contributed by atoms with Crippen molar-refractivity contribution in [2.75, 3.05) is 13.1 Å². The predicted octanol–water partition coefficient (Wildman–Crippen LogP) is 1.75. The number of aryl methyl sites for hydroxylation is 1. The zero-order valence-corrected chi connectivity index (χ0v) is 11.7. The number of hydrogen-bond acceptors (Lipinski definition) is 3. The zero-order chi connectivity index (χ0) is 14.1. The average molecular weight is 273 g/mol. The number of nitrogens with zero attached hydrogens (tertiary/aromatic N) is 3. The van der Waals surface area contributed by atoms with Crippen LogP contribution < -0.4 is 0 Å². The molecule has 0 bridgehead atoms. The molecule has 3 rings (SSSR count). The largest absolute Gasteiger partial charge is 0.327 e. The van der Waals surface area contributed by atoms with Crippen molar-refractivity contribution in [1.29, 1.82) is 0 Å². The van der Waals surface area contributed by atoms with Gasteiger partial charge in [0.15, 0.2) is 0 Å². The van der Waals surface area contributed by atoms with Crippen LogP contribution in [0.15, 0.2) is 18.3 Å². The highest BCUT2D eigenvalue weighted by Crippen LogP contribution is 2.26. The number of fused-ring (bicyclic) bond motifs is 1. The van der Waals surface area contributed by atoms with Gasteiger partial charge in [0.2, 0.25) is 0 Å². The standard InChI is InChI=1S/C15H19N3O2/c1-11-5-6-12(16-10-11)7-9-18-14(19)13-4-2-3-8-17(13)15(18)20/h5-6,10,13H,2-4,7-9H2,1H3/t13-/m1/s1. The molecule has 0 unspecified atom stereocenters. The molecule has 0 aliphatic carbocycles. The maximum atomic E-state index is 12.3. The Balaban J connectivity index is 1.66. The number of pyridine rings is 1. The van der Waals surface area contributed by atoms with Crippen LogP contribution in [-0.4, -0.2) is 45.9 Å². The molecule has 2 saturated heterocycles. The van der Waals surface area contributed by atoms with Crippen LogP contribution in [0, 0.1) is 6.92 Å². The van der Waals surface area contributed by atoms with E-state index < -0.39 is 0 Å². The monoisotopic (exact) mass is 273 g/mol. The summed E-state index contributed by atoms with van der Waals surface area (Å²) in [5.74, 6) is -0.0261. The summed E-state index contributed by atoms with van der Waals surface area (Å²) in [7, 11) is 0. The molecule has 2 aliphatic heterocycles. The van der Waals surface area contributed by atoms with Crippen molar-refractivity contribution in [3.05, 3.63) is 29.6 Å². The highest BCUT2D eigenvalue weighted by molar-refractivity contribution is 6.04. The van der Waals surface area contributed by atoms with Gasteiger partial charge in [0, 0.05) is 31.4 Å². The van der Waals surface area contributed by atoms with Crippen LogP contribution in [0.1, 0.15) is 30.5 Å². The first-order valence-electron chi connectivity index (χ1n) is 7.20. The maximum Gasteiger partial charge on any atom is 0.327 e. The molecule has 0 radical (unpaired) electrons. The Hall–Kier alpha value is -1.91. The van der Waals surface area contributed by atoms with Crippen molar-refractivity contribution in [2.45, 2.75) is 38.6 Å². The molecule has 20 heavy (non-hydrogen) atoms. The second kappa shape index (κ2) is 5.23. The summed E-state index contributed by atoms with van der Waals surface area (Å²) in [6, 6.07) is 3.63. The fraction of sp³-hybridized carbons (Fsp3) is 0.533. The molecular formula is C15H19N3O2. The quantitative estimate of drug-likeness (QED) is 0.788. The number of hydrogen-bond donors (Lipinski definition) is 0. The molecule has 0 N–H and O–H groups in total. The molecule has 5 nitrogen and oxygen atoms in total. The molecule has 2 fully saturated rings. The van der Waals surface area contributed by atoms with Gasteiger partial charge in [-0.1, -0.05) is 6.07 Å². The van der Waals surface area contributed by atoms with E-state index in [4.69, 9.17) is 0 Å². The number of rotatable bonds is 3. The van der Waals surface area contributed by atoms with Crippen LogP contribution in [0.5, 0.6) is 0 Å². The minimum absolute atomic E-state index is 0.0261. The Kier molecular flexibility index (Phi) is 3.42. The van der Waals surface area contributed by atoms with E-state index in [1.165, 1.54) is 4.90 Å². The van der Waals surface area contributed by atoms with Gasteiger partial charge in [0.1, 0.15) is 6.04 Å². The third kappa shape index (κ3) is 2.28.